The van der Waals surface area contributed by atoms with Crippen LogP contribution >= 0.6 is 0 Å². The molecular weight excluding hydrogens is 694 g/mol. The van der Waals surface area contributed by atoms with Gasteiger partial charge < -0.3 is 24.2 Å². The number of anilines is 1. The molecule has 0 unspecified atom stereocenters. The number of rotatable bonds is 14. The quantitative estimate of drug-likeness (QED) is 0.218. The molecule has 280 valence electrons. The number of carbonyl (C=O) groups is 1. The minimum Gasteiger partial charge on any atom is -0.451 e. The maximum atomic E-state index is 14.3. The molecule has 0 aliphatic carbocycles. The number of amides is 1. The van der Waals surface area contributed by atoms with Gasteiger partial charge in [-0.2, -0.15) is 13.1 Å². The van der Waals surface area contributed by atoms with Crippen molar-refractivity contribution in [1.82, 2.24) is 29.2 Å². The first-order valence-corrected chi connectivity index (χ1v) is 19.5. The maximum absolute atomic E-state index is 14.3. The van der Waals surface area contributed by atoms with E-state index >= 15 is 0 Å². The number of hydrogen-bond donors (Lipinski definition) is 2. The third-order valence-corrected chi connectivity index (χ3v) is 12.4. The first-order valence-electron chi connectivity index (χ1n) is 18.0. The molecule has 4 heterocycles. The average molecular weight is 743 g/mol. The van der Waals surface area contributed by atoms with Crippen LogP contribution in [0.15, 0.2) is 30.7 Å². The van der Waals surface area contributed by atoms with E-state index in [1.165, 1.54) is 18.6 Å². The molecule has 1 aromatic heterocycles. The van der Waals surface area contributed by atoms with Crippen LogP contribution in [0.2, 0.25) is 5.11 Å². The van der Waals surface area contributed by atoms with Gasteiger partial charge in [0.25, 0.3) is 22.5 Å². The zero-order valence-electron chi connectivity index (χ0n) is 31.3. The topological polar surface area (TPSA) is 129 Å². The summed E-state index contributed by atoms with van der Waals surface area (Å²) in [6.07, 6.45) is 3.64. The smallest absolute Gasteiger partial charge is 0.276 e. The minimum atomic E-state index is -3.70. The molecular formula is C31H49B5F3N7O5S. The van der Waals surface area contributed by atoms with Crippen molar-refractivity contribution in [2.24, 2.45) is 5.41 Å². The van der Waals surface area contributed by atoms with Crippen LogP contribution in [-0.4, -0.2) is 149 Å². The van der Waals surface area contributed by atoms with Gasteiger partial charge in [0.2, 0.25) is 0 Å². The zero-order chi connectivity index (χ0) is 38.1. The Kier molecular flexibility index (Phi) is 12.4. The largest absolute Gasteiger partial charge is 0.451 e. The van der Waals surface area contributed by atoms with Gasteiger partial charge in [-0.25, -0.2) is 27.9 Å². The van der Waals surface area contributed by atoms with Crippen molar-refractivity contribution in [3.63, 3.8) is 0 Å². The Hall–Kier alpha value is -2.73. The summed E-state index contributed by atoms with van der Waals surface area (Å²) in [6.45, 7) is 6.90. The molecule has 3 aliphatic heterocycles. The lowest BCUT2D eigenvalue weighted by molar-refractivity contribution is -0.0299. The fraction of sp³-hybridized carbons (Fsp3) is 0.645. The Morgan fingerprint density at radius 2 is 1.83 bits per heavy atom. The summed E-state index contributed by atoms with van der Waals surface area (Å²) in [5, 5.41) is -0.885. The average Bonchev–Trinajstić information content (AvgIpc) is 3.03. The second-order valence-electron chi connectivity index (χ2n) is 16.4. The normalized spacial score (nSPS) is 21.3. The Labute approximate surface area is 309 Å². The van der Waals surface area contributed by atoms with E-state index in [1.54, 1.807) is 13.8 Å². The molecule has 2 N–H and O–H groups in total. The molecule has 3 aliphatic rings. The lowest BCUT2D eigenvalue weighted by Gasteiger charge is -2.54. The third kappa shape index (κ3) is 9.87. The summed E-state index contributed by atoms with van der Waals surface area (Å²) in [5.41, 5.74) is -0.0552. The summed E-state index contributed by atoms with van der Waals surface area (Å²) in [6, 6.07) is 2.65. The van der Waals surface area contributed by atoms with Crippen LogP contribution < -0.4 is 19.1 Å². The van der Waals surface area contributed by atoms with E-state index in [1.807, 2.05) is 39.2 Å². The molecule has 1 spiro atoms. The van der Waals surface area contributed by atoms with E-state index in [9.17, 15) is 26.4 Å². The van der Waals surface area contributed by atoms with Crippen LogP contribution in [0.5, 0.6) is 11.5 Å². The lowest BCUT2D eigenvalue weighted by atomic mass is 9.27. The van der Waals surface area contributed by atoms with Crippen LogP contribution in [0.3, 0.4) is 0 Å². The minimum absolute atomic E-state index is 0.0284. The number of aromatic nitrogens is 2. The van der Waals surface area contributed by atoms with Crippen molar-refractivity contribution in [1.29, 1.82) is 0 Å². The standard InChI is InChI=1S/C31H49B5F3N7O5S/c1-19(2)46(14-26(38)39)28(47)23-11-20(37)3-6-24(23)51-25-12-40-18-41-27(25)45-16-29(17-45)7-9-44(10-8-29)13-22-5-4-21(15-50-22)42-52(48,49)43-31(35,36)30(32,33)34/h3,6,11-12,18-19,21-22,26,42-43H,4-5,7-10,13-17,32-36H2,1-2H3/t21-,22+/m1/s1. The number of benzene rings is 1. The number of hydrogen-bond acceptors (Lipinski definition) is 9. The van der Waals surface area contributed by atoms with Crippen molar-refractivity contribution < 1.29 is 35.9 Å². The van der Waals surface area contributed by atoms with Gasteiger partial charge in [0.05, 0.1) is 54.6 Å². The van der Waals surface area contributed by atoms with Crippen LogP contribution in [0.1, 0.15) is 49.9 Å². The third-order valence-electron chi connectivity index (χ3n) is 11.0. The number of likely N-dealkylation sites (tertiary alicyclic amines) is 1. The number of halogens is 3. The van der Waals surface area contributed by atoms with E-state index in [4.69, 9.17) is 9.47 Å². The predicted molar refractivity (Wildman–Crippen MR) is 207 cm³/mol. The van der Waals surface area contributed by atoms with Crippen LogP contribution in [0.25, 0.3) is 0 Å². The highest BCUT2D eigenvalue weighted by atomic mass is 32.2. The van der Waals surface area contributed by atoms with E-state index in [0.717, 1.165) is 69.0 Å². The van der Waals surface area contributed by atoms with Gasteiger partial charge in [-0.15, -0.1) is 5.11 Å². The van der Waals surface area contributed by atoms with Crippen molar-refractivity contribution in [2.75, 3.05) is 50.8 Å². The summed E-state index contributed by atoms with van der Waals surface area (Å²) < 4.78 is 84.4. The molecule has 0 radical (unpaired) electrons. The van der Waals surface area contributed by atoms with E-state index in [2.05, 4.69) is 29.2 Å². The van der Waals surface area contributed by atoms with Gasteiger partial charge in [0.15, 0.2) is 11.6 Å². The Balaban J connectivity index is 1.12. The molecule has 12 nitrogen and oxygen atoms in total. The van der Waals surface area contributed by atoms with Crippen LogP contribution in [0, 0.1) is 11.2 Å². The summed E-state index contributed by atoms with van der Waals surface area (Å²) in [4.78, 5) is 27.4. The van der Waals surface area contributed by atoms with Crippen LogP contribution in [0.4, 0.5) is 19.0 Å². The molecule has 0 saturated carbocycles. The molecule has 52 heavy (non-hydrogen) atoms. The van der Waals surface area contributed by atoms with Crippen molar-refractivity contribution >= 4 is 61.2 Å². The first-order chi connectivity index (χ1) is 24.3. The number of alkyl halides is 2. The lowest BCUT2D eigenvalue weighted by Crippen LogP contribution is -2.62. The Bertz CT molecular complexity index is 1670. The van der Waals surface area contributed by atoms with E-state index < -0.39 is 46.3 Å². The molecule has 1 amide bonds. The number of ether oxygens (including phenoxy) is 2. The summed E-state index contributed by atoms with van der Waals surface area (Å²) in [5.74, 6) is -0.594. The number of nitrogens with one attached hydrogen (secondary N) is 2. The van der Waals surface area contributed by atoms with Gasteiger partial charge >= 0.3 is 0 Å². The molecule has 5 rings (SSSR count). The van der Waals surface area contributed by atoms with Gasteiger partial charge in [0, 0.05) is 37.1 Å². The van der Waals surface area contributed by atoms with Crippen LogP contribution in [-0.2, 0) is 14.9 Å². The Morgan fingerprint density at radius 1 is 1.13 bits per heavy atom. The number of carbonyl (C=O) groups excluding carboxylic acids is 1. The van der Waals surface area contributed by atoms with Gasteiger partial charge in [-0.3, -0.25) is 4.79 Å². The van der Waals surface area contributed by atoms with Gasteiger partial charge in [-0.1, -0.05) is 0 Å². The molecule has 2 atom stereocenters. The zero-order valence-corrected chi connectivity index (χ0v) is 32.1. The Morgan fingerprint density at radius 3 is 2.42 bits per heavy atom. The van der Waals surface area contributed by atoms with Crippen molar-refractivity contribution in [3.8, 4) is 11.5 Å². The second-order valence-corrected chi connectivity index (χ2v) is 17.8. The van der Waals surface area contributed by atoms with E-state index in [-0.39, 0.29) is 39.7 Å². The highest BCUT2D eigenvalue weighted by molar-refractivity contribution is 7.87. The highest BCUT2D eigenvalue weighted by Crippen LogP contribution is 2.45. The van der Waals surface area contributed by atoms with E-state index in [0.29, 0.717) is 18.8 Å². The molecule has 1 aromatic carbocycles. The van der Waals surface area contributed by atoms with Crippen molar-refractivity contribution in [3.05, 3.63) is 42.1 Å². The highest BCUT2D eigenvalue weighted by Gasteiger charge is 2.46. The van der Waals surface area contributed by atoms with Crippen molar-refractivity contribution in [2.45, 2.75) is 74.6 Å². The summed E-state index contributed by atoms with van der Waals surface area (Å²) >= 11 is 0. The first kappa shape index (κ1) is 40.5. The molecule has 0 bridgehead atoms. The number of piperidine rings is 1. The fourth-order valence-electron chi connectivity index (χ4n) is 6.84. The molecule has 3 fully saturated rings. The second kappa shape index (κ2) is 15.9. The predicted octanol–water partition coefficient (Wildman–Crippen LogP) is -1.71. The fourth-order valence-corrected chi connectivity index (χ4v) is 8.50. The van der Waals surface area contributed by atoms with Gasteiger partial charge in [-0.05, 0) is 76.2 Å². The molecule has 21 heteroatoms. The van der Waals surface area contributed by atoms with Gasteiger partial charge in [0.1, 0.15) is 33.6 Å². The number of nitrogens with zero attached hydrogens (tertiary/aromatic N) is 5. The summed E-state index contributed by atoms with van der Waals surface area (Å²) in [7, 11) is 6.07. The molecule has 2 aromatic rings. The molecule has 3 saturated heterocycles. The SMILES string of the molecule is BC(B)(B)C(B)(B)NS(=O)(=O)N[C@@H]1CC[C@@H](CN2CCC3(CC2)CN(c2ncncc2Oc2ccc(F)cc2C(=O)N(CC(F)F)C(C)C)C3)OC1. The monoisotopic (exact) mass is 743 g/mol. The maximum Gasteiger partial charge on any atom is 0.276 e.